The van der Waals surface area contributed by atoms with Crippen LogP contribution in [0.5, 0.6) is 0 Å². The zero-order chi connectivity index (χ0) is 9.68. The molecule has 68 valence electrons. The number of aryl methyl sites for hydroxylation is 1. The minimum absolute atomic E-state index is 0.229. The molecule has 1 aromatic heterocycles. The summed E-state index contributed by atoms with van der Waals surface area (Å²) in [6.07, 6.45) is 2.66. The molecule has 2 amide bonds. The molecule has 1 rings (SSSR count). The average Bonchev–Trinajstić information content (AvgIpc) is 2.17. The Labute approximate surface area is 76.2 Å². The van der Waals surface area contributed by atoms with Gasteiger partial charge < -0.3 is 0 Å². The second kappa shape index (κ2) is 4.35. The summed E-state index contributed by atoms with van der Waals surface area (Å²) in [5.41, 5.74) is 1.75. The molecule has 0 atom stereocenters. The summed E-state index contributed by atoms with van der Waals surface area (Å²) in [6.45, 7) is 2.15. The predicted molar refractivity (Wildman–Crippen MR) is 46.6 cm³/mol. The third-order valence-electron chi connectivity index (χ3n) is 1.59. The van der Waals surface area contributed by atoms with E-state index in [1.54, 1.807) is 12.3 Å². The van der Waals surface area contributed by atoms with Crippen LogP contribution in [0.15, 0.2) is 18.3 Å². The molecule has 0 aromatic carbocycles. The van der Waals surface area contributed by atoms with Gasteiger partial charge in [-0.1, -0.05) is 6.07 Å². The van der Waals surface area contributed by atoms with E-state index in [-0.39, 0.29) is 6.54 Å². The van der Waals surface area contributed by atoms with Gasteiger partial charge in [0, 0.05) is 6.20 Å². The highest BCUT2D eigenvalue weighted by Gasteiger charge is 2.00. The fourth-order valence-corrected chi connectivity index (χ4v) is 0.878. The molecule has 0 fully saturated rings. The fourth-order valence-electron chi connectivity index (χ4n) is 0.878. The monoisotopic (exact) mass is 178 g/mol. The highest BCUT2D eigenvalue weighted by atomic mass is 16.2. The lowest BCUT2D eigenvalue weighted by molar-refractivity contribution is -0.129. The van der Waals surface area contributed by atoms with Crippen molar-refractivity contribution in [2.24, 2.45) is 0 Å². The summed E-state index contributed by atoms with van der Waals surface area (Å²) < 4.78 is 0. The van der Waals surface area contributed by atoms with Crippen LogP contribution in [0.2, 0.25) is 0 Å². The van der Waals surface area contributed by atoms with Crippen molar-refractivity contribution in [2.45, 2.75) is 13.5 Å². The molecule has 1 heterocycles. The molecule has 1 aromatic rings. The molecule has 0 aliphatic heterocycles. The van der Waals surface area contributed by atoms with E-state index < -0.39 is 0 Å². The Kier molecular flexibility index (Phi) is 3.14. The van der Waals surface area contributed by atoms with Gasteiger partial charge in [-0.3, -0.25) is 19.5 Å². The molecule has 4 nitrogen and oxygen atoms in total. The van der Waals surface area contributed by atoms with Gasteiger partial charge in [0.15, 0.2) is 0 Å². The highest BCUT2D eigenvalue weighted by molar-refractivity contribution is 5.68. The summed E-state index contributed by atoms with van der Waals surface area (Å²) in [6, 6.07) is 3.67. The van der Waals surface area contributed by atoms with E-state index in [9.17, 15) is 9.59 Å². The maximum Gasteiger partial charge on any atom is 0.216 e. The van der Waals surface area contributed by atoms with Gasteiger partial charge in [-0.05, 0) is 18.6 Å². The van der Waals surface area contributed by atoms with Gasteiger partial charge in [-0.2, -0.15) is 0 Å². The van der Waals surface area contributed by atoms with Crippen LogP contribution >= 0.6 is 0 Å². The number of hydrogen-bond acceptors (Lipinski definition) is 3. The Morgan fingerprint density at radius 1 is 1.38 bits per heavy atom. The summed E-state index contributed by atoms with van der Waals surface area (Å²) in [7, 11) is 0. The van der Waals surface area contributed by atoms with Crippen molar-refractivity contribution in [2.75, 3.05) is 0 Å². The number of hydrogen-bond donors (Lipinski definition) is 0. The van der Waals surface area contributed by atoms with Crippen LogP contribution in [0.4, 0.5) is 0 Å². The predicted octanol–water partition coefficient (Wildman–Crippen LogP) is 0.505. The maximum absolute atomic E-state index is 10.3. The van der Waals surface area contributed by atoms with Crippen molar-refractivity contribution in [3.05, 3.63) is 29.6 Å². The largest absolute Gasteiger partial charge is 0.282 e. The molecule has 0 saturated heterocycles. The van der Waals surface area contributed by atoms with E-state index in [1.165, 1.54) is 0 Å². The van der Waals surface area contributed by atoms with Crippen molar-refractivity contribution in [3.8, 4) is 0 Å². The van der Waals surface area contributed by atoms with Crippen molar-refractivity contribution in [1.29, 1.82) is 0 Å². The Bertz CT molecular complexity index is 287. The lowest BCUT2D eigenvalue weighted by Crippen LogP contribution is -2.19. The number of pyridine rings is 1. The lowest BCUT2D eigenvalue weighted by Gasteiger charge is -2.07. The van der Waals surface area contributed by atoms with Crippen molar-refractivity contribution in [1.82, 2.24) is 9.88 Å². The van der Waals surface area contributed by atoms with Crippen molar-refractivity contribution < 1.29 is 9.59 Å². The van der Waals surface area contributed by atoms with Gasteiger partial charge in [0.05, 0.1) is 12.2 Å². The Morgan fingerprint density at radius 2 is 2.08 bits per heavy atom. The molecule has 0 aliphatic carbocycles. The van der Waals surface area contributed by atoms with Gasteiger partial charge in [-0.15, -0.1) is 0 Å². The number of imide groups is 1. The Hall–Kier alpha value is -1.71. The molecule has 0 saturated carbocycles. The number of amides is 2. The van der Waals surface area contributed by atoms with E-state index in [1.807, 2.05) is 13.0 Å². The van der Waals surface area contributed by atoms with Crippen LogP contribution in [-0.2, 0) is 16.1 Å². The maximum atomic E-state index is 10.3. The van der Waals surface area contributed by atoms with E-state index in [4.69, 9.17) is 0 Å². The van der Waals surface area contributed by atoms with Crippen molar-refractivity contribution in [3.63, 3.8) is 0 Å². The Morgan fingerprint density at radius 3 is 2.54 bits per heavy atom. The summed E-state index contributed by atoms with van der Waals surface area (Å²) in [5, 5.41) is 0. The molecule has 0 spiro atoms. The number of carbonyl (C=O) groups excluding carboxylic acids is 2. The molecule has 0 radical (unpaired) electrons. The molecule has 0 aliphatic rings. The van der Waals surface area contributed by atoms with E-state index in [0.717, 1.165) is 10.5 Å². The fraction of sp³-hybridized carbons (Fsp3) is 0.222. The van der Waals surface area contributed by atoms with Crippen LogP contribution in [0.25, 0.3) is 0 Å². The standard InChI is InChI=1S/C9H10N2O2/c1-8-2-3-9(10-4-8)5-11(6-12)7-13/h2-4,6-7H,5H2,1H3. The molecule has 4 heteroatoms. The van der Waals surface area contributed by atoms with E-state index in [2.05, 4.69) is 4.98 Å². The second-order valence-corrected chi connectivity index (χ2v) is 2.71. The minimum Gasteiger partial charge on any atom is -0.282 e. The summed E-state index contributed by atoms with van der Waals surface area (Å²) in [4.78, 5) is 25.6. The zero-order valence-corrected chi connectivity index (χ0v) is 7.30. The van der Waals surface area contributed by atoms with Crippen LogP contribution in [0.1, 0.15) is 11.3 Å². The van der Waals surface area contributed by atoms with Gasteiger partial charge in [-0.25, -0.2) is 0 Å². The Balaban J connectivity index is 2.68. The SMILES string of the molecule is Cc1ccc(CN(C=O)C=O)nc1. The summed E-state index contributed by atoms with van der Waals surface area (Å²) in [5.74, 6) is 0. The van der Waals surface area contributed by atoms with Gasteiger partial charge >= 0.3 is 0 Å². The zero-order valence-electron chi connectivity index (χ0n) is 7.30. The molecular formula is C9H10N2O2. The number of rotatable bonds is 4. The first-order chi connectivity index (χ1) is 6.26. The first-order valence-electron chi connectivity index (χ1n) is 3.84. The molecule has 0 N–H and O–H groups in total. The second-order valence-electron chi connectivity index (χ2n) is 2.71. The van der Waals surface area contributed by atoms with E-state index >= 15 is 0 Å². The van der Waals surface area contributed by atoms with E-state index in [0.29, 0.717) is 18.5 Å². The molecule has 13 heavy (non-hydrogen) atoms. The van der Waals surface area contributed by atoms with Crippen LogP contribution in [0.3, 0.4) is 0 Å². The smallest absolute Gasteiger partial charge is 0.216 e. The first-order valence-corrected chi connectivity index (χ1v) is 3.84. The average molecular weight is 178 g/mol. The lowest BCUT2D eigenvalue weighted by atomic mass is 10.3. The first kappa shape index (κ1) is 9.38. The molecule has 0 unspecified atom stereocenters. The third-order valence-corrected chi connectivity index (χ3v) is 1.59. The van der Waals surface area contributed by atoms with Crippen LogP contribution in [-0.4, -0.2) is 22.7 Å². The van der Waals surface area contributed by atoms with Gasteiger partial charge in [0.25, 0.3) is 0 Å². The molecule has 0 bridgehead atoms. The number of nitrogens with zero attached hydrogens (tertiary/aromatic N) is 2. The van der Waals surface area contributed by atoms with Gasteiger partial charge in [0.1, 0.15) is 0 Å². The topological polar surface area (TPSA) is 50.3 Å². The molecular weight excluding hydrogens is 168 g/mol. The van der Waals surface area contributed by atoms with Crippen LogP contribution in [0, 0.1) is 6.92 Å². The van der Waals surface area contributed by atoms with Gasteiger partial charge in [0.2, 0.25) is 12.8 Å². The normalized spacial score (nSPS) is 9.31. The minimum atomic E-state index is 0.229. The number of aromatic nitrogens is 1. The third kappa shape index (κ3) is 2.66. The van der Waals surface area contributed by atoms with Crippen molar-refractivity contribution >= 4 is 12.8 Å². The summed E-state index contributed by atoms with van der Waals surface area (Å²) >= 11 is 0. The highest BCUT2D eigenvalue weighted by Crippen LogP contribution is 2.00. The number of carbonyl (C=O) groups is 2. The quantitative estimate of drug-likeness (QED) is 0.631. The van der Waals surface area contributed by atoms with Crippen LogP contribution < -0.4 is 0 Å².